The lowest BCUT2D eigenvalue weighted by molar-refractivity contribution is 0.533. The zero-order valence-corrected chi connectivity index (χ0v) is 12.9. The van der Waals surface area contributed by atoms with Gasteiger partial charge < -0.3 is 9.73 Å². The van der Waals surface area contributed by atoms with E-state index >= 15 is 0 Å². The van der Waals surface area contributed by atoms with Crippen LogP contribution in [0.4, 0.5) is 5.69 Å². The van der Waals surface area contributed by atoms with Gasteiger partial charge in [0.15, 0.2) is 0 Å². The van der Waals surface area contributed by atoms with Gasteiger partial charge in [-0.2, -0.15) is 0 Å². The van der Waals surface area contributed by atoms with E-state index in [2.05, 4.69) is 27.4 Å². The molecule has 2 aromatic heterocycles. The smallest absolute Gasteiger partial charge is 0.249 e. The van der Waals surface area contributed by atoms with E-state index in [4.69, 9.17) is 4.42 Å². The van der Waals surface area contributed by atoms with Crippen molar-refractivity contribution in [2.75, 3.05) is 5.32 Å². The lowest BCUT2D eigenvalue weighted by Gasteiger charge is -2.16. The van der Waals surface area contributed by atoms with Crippen LogP contribution in [0.15, 0.2) is 34.2 Å². The third-order valence-corrected chi connectivity index (χ3v) is 4.35. The SMILES string of the molecule is Cc1nnc(-c2ccccc2NC(C)c2scnc2C)o1. The molecule has 5 nitrogen and oxygen atoms in total. The fourth-order valence-electron chi connectivity index (χ4n) is 2.23. The minimum absolute atomic E-state index is 0.169. The van der Waals surface area contributed by atoms with Gasteiger partial charge in [0.05, 0.1) is 22.8 Å². The summed E-state index contributed by atoms with van der Waals surface area (Å²) in [6, 6.07) is 8.11. The molecule has 21 heavy (non-hydrogen) atoms. The van der Waals surface area contributed by atoms with Crippen LogP contribution in [-0.2, 0) is 0 Å². The van der Waals surface area contributed by atoms with Crippen LogP contribution in [-0.4, -0.2) is 15.2 Å². The highest BCUT2D eigenvalue weighted by Crippen LogP contribution is 2.31. The Morgan fingerprint density at radius 3 is 2.67 bits per heavy atom. The van der Waals surface area contributed by atoms with E-state index in [1.807, 2.05) is 36.7 Å². The van der Waals surface area contributed by atoms with Crippen molar-refractivity contribution < 1.29 is 4.42 Å². The third-order valence-electron chi connectivity index (χ3n) is 3.23. The van der Waals surface area contributed by atoms with Gasteiger partial charge in [-0.3, -0.25) is 0 Å². The summed E-state index contributed by atoms with van der Waals surface area (Å²) in [5.41, 5.74) is 4.82. The van der Waals surface area contributed by atoms with Crippen molar-refractivity contribution in [3.05, 3.63) is 46.2 Å². The molecule has 0 saturated carbocycles. The Kier molecular flexibility index (Phi) is 3.70. The minimum atomic E-state index is 0.169. The highest BCUT2D eigenvalue weighted by atomic mass is 32.1. The molecule has 3 aromatic rings. The minimum Gasteiger partial charge on any atom is -0.421 e. The highest BCUT2D eigenvalue weighted by molar-refractivity contribution is 7.09. The molecule has 1 N–H and O–H groups in total. The van der Waals surface area contributed by atoms with Crippen molar-refractivity contribution in [1.29, 1.82) is 0 Å². The molecule has 0 aliphatic carbocycles. The average molecular weight is 300 g/mol. The second-order valence-corrected chi connectivity index (χ2v) is 5.73. The molecule has 0 radical (unpaired) electrons. The topological polar surface area (TPSA) is 63.8 Å². The van der Waals surface area contributed by atoms with Gasteiger partial charge in [0.2, 0.25) is 11.8 Å². The zero-order chi connectivity index (χ0) is 14.8. The molecular weight excluding hydrogens is 284 g/mol. The standard InChI is InChI=1S/C15H16N4OS/c1-9-14(21-8-16-9)10(2)17-13-7-5-4-6-12(13)15-19-18-11(3)20-15/h4-8,10,17H,1-3H3. The van der Waals surface area contributed by atoms with Gasteiger partial charge in [-0.25, -0.2) is 4.98 Å². The predicted octanol–water partition coefficient (Wildman–Crippen LogP) is 3.98. The number of aryl methyl sites for hydroxylation is 2. The second kappa shape index (κ2) is 5.65. The summed E-state index contributed by atoms with van der Waals surface area (Å²) in [6.45, 7) is 5.93. The van der Waals surface area contributed by atoms with E-state index < -0.39 is 0 Å². The lowest BCUT2D eigenvalue weighted by atomic mass is 10.1. The number of hydrogen-bond acceptors (Lipinski definition) is 6. The fourth-order valence-corrected chi connectivity index (χ4v) is 3.04. The Morgan fingerprint density at radius 2 is 2.00 bits per heavy atom. The van der Waals surface area contributed by atoms with Gasteiger partial charge in [0, 0.05) is 17.5 Å². The van der Waals surface area contributed by atoms with Crippen LogP contribution < -0.4 is 5.32 Å². The molecule has 0 amide bonds. The first-order valence-electron chi connectivity index (χ1n) is 6.71. The van der Waals surface area contributed by atoms with E-state index in [1.165, 1.54) is 4.88 Å². The Morgan fingerprint density at radius 1 is 1.19 bits per heavy atom. The monoisotopic (exact) mass is 300 g/mol. The predicted molar refractivity (Wildman–Crippen MR) is 83.4 cm³/mol. The zero-order valence-electron chi connectivity index (χ0n) is 12.1. The van der Waals surface area contributed by atoms with E-state index in [-0.39, 0.29) is 6.04 Å². The summed E-state index contributed by atoms with van der Waals surface area (Å²) in [5, 5.41) is 11.5. The van der Waals surface area contributed by atoms with Crippen LogP contribution >= 0.6 is 11.3 Å². The molecule has 1 aromatic carbocycles. The summed E-state index contributed by atoms with van der Waals surface area (Å²) >= 11 is 1.66. The van der Waals surface area contributed by atoms with E-state index in [0.717, 1.165) is 16.9 Å². The number of hydrogen-bond donors (Lipinski definition) is 1. The van der Waals surface area contributed by atoms with E-state index in [0.29, 0.717) is 11.8 Å². The average Bonchev–Trinajstić information content (AvgIpc) is 3.08. The normalized spacial score (nSPS) is 12.3. The number of anilines is 1. The number of para-hydroxylation sites is 1. The molecule has 2 heterocycles. The van der Waals surface area contributed by atoms with Crippen LogP contribution in [0.1, 0.15) is 29.4 Å². The lowest BCUT2D eigenvalue weighted by Crippen LogP contribution is -2.07. The molecule has 3 rings (SSSR count). The molecule has 0 aliphatic heterocycles. The number of thiazole rings is 1. The van der Waals surface area contributed by atoms with Gasteiger partial charge in [-0.05, 0) is 26.0 Å². The summed E-state index contributed by atoms with van der Waals surface area (Å²) in [6.07, 6.45) is 0. The molecular formula is C15H16N4OS. The van der Waals surface area contributed by atoms with Gasteiger partial charge in [-0.1, -0.05) is 12.1 Å². The number of aromatic nitrogens is 3. The number of nitrogens with one attached hydrogen (secondary N) is 1. The number of nitrogens with zero attached hydrogens (tertiary/aromatic N) is 3. The number of rotatable bonds is 4. The van der Waals surface area contributed by atoms with Crippen molar-refractivity contribution >= 4 is 17.0 Å². The molecule has 0 bridgehead atoms. The number of benzene rings is 1. The molecule has 1 unspecified atom stereocenters. The van der Waals surface area contributed by atoms with Crippen molar-refractivity contribution in [3.8, 4) is 11.5 Å². The fraction of sp³-hybridized carbons (Fsp3) is 0.267. The quantitative estimate of drug-likeness (QED) is 0.789. The van der Waals surface area contributed by atoms with Gasteiger partial charge >= 0.3 is 0 Å². The van der Waals surface area contributed by atoms with Crippen LogP contribution in [0.25, 0.3) is 11.5 Å². The first-order valence-corrected chi connectivity index (χ1v) is 7.59. The summed E-state index contributed by atoms with van der Waals surface area (Å²) < 4.78 is 5.53. The van der Waals surface area contributed by atoms with Crippen molar-refractivity contribution in [2.24, 2.45) is 0 Å². The van der Waals surface area contributed by atoms with Crippen LogP contribution in [0.3, 0.4) is 0 Å². The second-order valence-electron chi connectivity index (χ2n) is 4.84. The maximum atomic E-state index is 5.53. The molecule has 1 atom stereocenters. The molecule has 6 heteroatoms. The van der Waals surface area contributed by atoms with Crippen molar-refractivity contribution in [2.45, 2.75) is 26.8 Å². The Hall–Kier alpha value is -2.21. The Labute approximate surface area is 127 Å². The first kappa shape index (κ1) is 13.8. The van der Waals surface area contributed by atoms with Crippen LogP contribution in [0.2, 0.25) is 0 Å². The van der Waals surface area contributed by atoms with Gasteiger partial charge in [-0.15, -0.1) is 21.5 Å². The van der Waals surface area contributed by atoms with E-state index in [1.54, 1.807) is 18.3 Å². The molecule has 0 saturated heterocycles. The van der Waals surface area contributed by atoms with Crippen molar-refractivity contribution in [3.63, 3.8) is 0 Å². The summed E-state index contributed by atoms with van der Waals surface area (Å²) in [4.78, 5) is 5.53. The van der Waals surface area contributed by atoms with E-state index in [9.17, 15) is 0 Å². The molecule has 0 spiro atoms. The summed E-state index contributed by atoms with van der Waals surface area (Å²) in [7, 11) is 0. The Balaban J connectivity index is 1.91. The maximum absolute atomic E-state index is 5.53. The van der Waals surface area contributed by atoms with Gasteiger partial charge in [0.1, 0.15) is 0 Å². The molecule has 0 aliphatic rings. The van der Waals surface area contributed by atoms with Crippen LogP contribution in [0, 0.1) is 13.8 Å². The largest absolute Gasteiger partial charge is 0.421 e. The summed E-state index contributed by atoms with van der Waals surface area (Å²) in [5.74, 6) is 1.09. The molecule has 108 valence electrons. The first-order chi connectivity index (χ1) is 10.1. The third kappa shape index (κ3) is 2.80. The van der Waals surface area contributed by atoms with Crippen LogP contribution in [0.5, 0.6) is 0 Å². The van der Waals surface area contributed by atoms with Gasteiger partial charge in [0.25, 0.3) is 0 Å². The van der Waals surface area contributed by atoms with Crippen molar-refractivity contribution in [1.82, 2.24) is 15.2 Å². The molecule has 0 fully saturated rings. The maximum Gasteiger partial charge on any atom is 0.249 e. The highest BCUT2D eigenvalue weighted by Gasteiger charge is 2.15. The Bertz CT molecular complexity index is 749.